The monoisotopic (exact) mass is 332 g/mol. The Labute approximate surface area is 137 Å². The number of halogens is 1. The molecule has 0 spiro atoms. The van der Waals surface area contributed by atoms with Crippen molar-refractivity contribution in [2.24, 2.45) is 7.05 Å². The molecule has 5 nitrogen and oxygen atoms in total. The highest BCUT2D eigenvalue weighted by atomic mass is 32.1. The van der Waals surface area contributed by atoms with Crippen LogP contribution in [0.3, 0.4) is 0 Å². The van der Waals surface area contributed by atoms with Crippen LogP contribution in [0.2, 0.25) is 0 Å². The predicted octanol–water partition coefficient (Wildman–Crippen LogP) is 3.61. The van der Waals surface area contributed by atoms with Gasteiger partial charge in [0.05, 0.1) is 17.7 Å². The van der Waals surface area contributed by atoms with Gasteiger partial charge in [-0.2, -0.15) is 5.10 Å². The minimum absolute atomic E-state index is 0.244. The maximum absolute atomic E-state index is 13.4. The molecule has 0 radical (unpaired) electrons. The van der Waals surface area contributed by atoms with Gasteiger partial charge in [0.2, 0.25) is 0 Å². The zero-order valence-corrected chi connectivity index (χ0v) is 13.9. The number of benzene rings is 1. The van der Waals surface area contributed by atoms with E-state index in [-0.39, 0.29) is 11.6 Å². The maximum Gasteiger partial charge on any atom is 0.183 e. The van der Waals surface area contributed by atoms with Gasteiger partial charge in [-0.3, -0.25) is 4.68 Å². The predicted molar refractivity (Wildman–Crippen MR) is 89.3 cm³/mol. The Kier molecular flexibility index (Phi) is 4.29. The van der Waals surface area contributed by atoms with Gasteiger partial charge in [-0.25, -0.2) is 9.37 Å². The number of hydrogen-bond donors (Lipinski definition) is 1. The van der Waals surface area contributed by atoms with E-state index in [0.29, 0.717) is 6.54 Å². The fourth-order valence-corrected chi connectivity index (χ4v) is 3.16. The van der Waals surface area contributed by atoms with Crippen LogP contribution in [-0.2, 0) is 13.6 Å². The van der Waals surface area contributed by atoms with Gasteiger partial charge in [-0.05, 0) is 30.7 Å². The fraction of sp³-hybridized carbons (Fsp3) is 0.250. The Morgan fingerprint density at radius 3 is 2.87 bits per heavy atom. The van der Waals surface area contributed by atoms with E-state index in [4.69, 9.17) is 4.74 Å². The minimum atomic E-state index is -0.362. The van der Waals surface area contributed by atoms with Crippen molar-refractivity contribution in [1.29, 1.82) is 0 Å². The summed E-state index contributed by atoms with van der Waals surface area (Å²) < 4.78 is 20.2. The second-order valence-electron chi connectivity index (χ2n) is 5.13. The summed E-state index contributed by atoms with van der Waals surface area (Å²) in [6.45, 7) is 2.51. The number of nitrogens with one attached hydrogen (secondary N) is 1. The molecule has 23 heavy (non-hydrogen) atoms. The Balaban J connectivity index is 1.74. The van der Waals surface area contributed by atoms with Gasteiger partial charge in [-0.15, -0.1) is 0 Å². The molecular formula is C16H17FN4OS. The molecule has 0 amide bonds. The van der Waals surface area contributed by atoms with Gasteiger partial charge < -0.3 is 10.1 Å². The lowest BCUT2D eigenvalue weighted by Gasteiger charge is -2.06. The van der Waals surface area contributed by atoms with Crippen LogP contribution in [0.4, 0.5) is 9.52 Å². The number of aryl methyl sites for hydroxylation is 2. The summed E-state index contributed by atoms with van der Waals surface area (Å²) >= 11 is 1.55. The molecular weight excluding hydrogens is 315 g/mol. The van der Waals surface area contributed by atoms with Crippen molar-refractivity contribution in [1.82, 2.24) is 14.8 Å². The number of methoxy groups -OCH3 is 1. The van der Waals surface area contributed by atoms with Gasteiger partial charge >= 0.3 is 0 Å². The molecule has 0 aliphatic heterocycles. The Morgan fingerprint density at radius 2 is 2.17 bits per heavy atom. The van der Waals surface area contributed by atoms with Crippen molar-refractivity contribution in [2.45, 2.75) is 13.5 Å². The van der Waals surface area contributed by atoms with Crippen LogP contribution < -0.4 is 10.1 Å². The molecule has 0 aliphatic rings. The van der Waals surface area contributed by atoms with Crippen molar-refractivity contribution in [2.75, 3.05) is 12.4 Å². The molecule has 0 saturated heterocycles. The zero-order valence-electron chi connectivity index (χ0n) is 13.1. The van der Waals surface area contributed by atoms with E-state index in [9.17, 15) is 4.39 Å². The molecule has 1 N–H and O–H groups in total. The van der Waals surface area contributed by atoms with E-state index in [1.807, 2.05) is 26.2 Å². The van der Waals surface area contributed by atoms with E-state index >= 15 is 0 Å². The largest absolute Gasteiger partial charge is 0.494 e. The van der Waals surface area contributed by atoms with Gasteiger partial charge in [-0.1, -0.05) is 17.4 Å². The number of nitrogens with zero attached hydrogens (tertiary/aromatic N) is 3. The molecule has 2 aromatic heterocycles. The molecule has 0 saturated carbocycles. The summed E-state index contributed by atoms with van der Waals surface area (Å²) in [5.74, 6) is -0.118. The quantitative estimate of drug-likeness (QED) is 0.775. The molecule has 0 aliphatic carbocycles. The first-order valence-electron chi connectivity index (χ1n) is 7.10. The first-order chi connectivity index (χ1) is 11.1. The highest BCUT2D eigenvalue weighted by Gasteiger charge is 2.12. The van der Waals surface area contributed by atoms with E-state index in [1.165, 1.54) is 13.2 Å². The van der Waals surface area contributed by atoms with E-state index in [1.54, 1.807) is 28.2 Å². The van der Waals surface area contributed by atoms with Gasteiger partial charge in [0.15, 0.2) is 16.7 Å². The van der Waals surface area contributed by atoms with Crippen LogP contribution in [-0.4, -0.2) is 21.9 Å². The Hall–Kier alpha value is -2.41. The fourth-order valence-electron chi connectivity index (χ4n) is 2.24. The third kappa shape index (κ3) is 3.34. The molecule has 3 aromatic rings. The number of thiazole rings is 1. The average molecular weight is 332 g/mol. The van der Waals surface area contributed by atoms with Crippen LogP contribution in [0.25, 0.3) is 10.6 Å². The van der Waals surface area contributed by atoms with Gasteiger partial charge in [0.25, 0.3) is 0 Å². The standard InChI is InChI=1S/C16H17FN4OS/c1-10-15(13-6-7-21(2)20-13)23-16(19-10)18-9-11-4-5-12(17)14(8-11)22-3/h4-8H,9H2,1-3H3,(H,18,19). The first-order valence-corrected chi connectivity index (χ1v) is 7.92. The molecule has 1 aromatic carbocycles. The first kappa shape index (κ1) is 15.5. The average Bonchev–Trinajstić information content (AvgIpc) is 3.12. The lowest BCUT2D eigenvalue weighted by atomic mass is 10.2. The van der Waals surface area contributed by atoms with Gasteiger partial charge in [0, 0.05) is 19.8 Å². The number of hydrogen-bond acceptors (Lipinski definition) is 5. The maximum atomic E-state index is 13.4. The van der Waals surface area contributed by atoms with Crippen molar-refractivity contribution < 1.29 is 9.13 Å². The number of rotatable bonds is 5. The molecule has 120 valence electrons. The molecule has 0 atom stereocenters. The molecule has 7 heteroatoms. The summed E-state index contributed by atoms with van der Waals surface area (Å²) in [4.78, 5) is 5.57. The van der Waals surface area contributed by atoms with E-state index in [2.05, 4.69) is 15.4 Å². The molecule has 0 bridgehead atoms. The lowest BCUT2D eigenvalue weighted by molar-refractivity contribution is 0.386. The normalized spacial score (nSPS) is 10.8. The van der Waals surface area contributed by atoms with E-state index < -0.39 is 0 Å². The topological polar surface area (TPSA) is 52.0 Å². The molecule has 0 unspecified atom stereocenters. The lowest BCUT2D eigenvalue weighted by Crippen LogP contribution is -2.00. The van der Waals surface area contributed by atoms with Crippen LogP contribution in [0.5, 0.6) is 5.75 Å². The molecule has 0 fully saturated rings. The highest BCUT2D eigenvalue weighted by molar-refractivity contribution is 7.19. The van der Waals surface area contributed by atoms with Gasteiger partial charge in [0.1, 0.15) is 5.69 Å². The van der Waals surface area contributed by atoms with E-state index in [0.717, 1.165) is 27.0 Å². The van der Waals surface area contributed by atoms with Crippen LogP contribution in [0.1, 0.15) is 11.3 Å². The summed E-state index contributed by atoms with van der Waals surface area (Å²) in [5, 5.41) is 8.48. The van der Waals surface area contributed by atoms with Crippen LogP contribution >= 0.6 is 11.3 Å². The smallest absolute Gasteiger partial charge is 0.183 e. The van der Waals surface area contributed by atoms with Crippen molar-refractivity contribution >= 4 is 16.5 Å². The summed E-state index contributed by atoms with van der Waals surface area (Å²) in [5.41, 5.74) is 2.78. The highest BCUT2D eigenvalue weighted by Crippen LogP contribution is 2.31. The van der Waals surface area contributed by atoms with Crippen molar-refractivity contribution in [3.63, 3.8) is 0 Å². The van der Waals surface area contributed by atoms with Crippen molar-refractivity contribution in [3.8, 4) is 16.3 Å². The number of anilines is 1. The minimum Gasteiger partial charge on any atom is -0.494 e. The third-order valence-electron chi connectivity index (χ3n) is 3.40. The zero-order chi connectivity index (χ0) is 16.4. The Bertz CT molecular complexity index is 827. The van der Waals surface area contributed by atoms with Crippen LogP contribution in [0.15, 0.2) is 30.5 Å². The SMILES string of the molecule is COc1cc(CNc2nc(C)c(-c3ccn(C)n3)s2)ccc1F. The number of aromatic nitrogens is 3. The molecule has 3 rings (SSSR count). The van der Waals surface area contributed by atoms with Crippen LogP contribution in [0, 0.1) is 12.7 Å². The summed E-state index contributed by atoms with van der Waals surface area (Å²) in [7, 11) is 3.35. The summed E-state index contributed by atoms with van der Waals surface area (Å²) in [6, 6.07) is 6.78. The number of ether oxygens (including phenoxy) is 1. The second-order valence-corrected chi connectivity index (χ2v) is 6.13. The third-order valence-corrected chi connectivity index (χ3v) is 4.54. The molecule has 2 heterocycles. The summed E-state index contributed by atoms with van der Waals surface area (Å²) in [6.07, 6.45) is 1.91. The second kappa shape index (κ2) is 6.37. The Morgan fingerprint density at radius 1 is 1.35 bits per heavy atom. The van der Waals surface area contributed by atoms with Crippen molar-refractivity contribution in [3.05, 3.63) is 47.5 Å².